The van der Waals surface area contributed by atoms with Crippen LogP contribution in [0.15, 0.2) is 28.0 Å². The molecule has 0 aliphatic heterocycles. The largest absolute Gasteiger partial charge is 0.410 e. The van der Waals surface area contributed by atoms with E-state index < -0.39 is 0 Å². The molecule has 0 aliphatic carbocycles. The minimum absolute atomic E-state index is 0.601. The maximum atomic E-state index is 8.17. The Hall–Kier alpha value is -0.830. The van der Waals surface area contributed by atoms with E-state index in [0.29, 0.717) is 5.36 Å². The predicted octanol–water partition coefficient (Wildman–Crippen LogP) is 1.04. The minimum Gasteiger partial charge on any atom is -0.410 e. The Kier molecular flexibility index (Phi) is 1.64. The Bertz CT molecular complexity index is 200. The van der Waals surface area contributed by atoms with Crippen LogP contribution in [0.25, 0.3) is 0 Å². The van der Waals surface area contributed by atoms with Gasteiger partial charge in [-0.3, -0.25) is 0 Å². The van der Waals surface area contributed by atoms with Crippen LogP contribution in [0.3, 0.4) is 0 Å². The molecule has 0 amide bonds. The van der Waals surface area contributed by atoms with Crippen molar-refractivity contribution in [1.29, 1.82) is 0 Å². The lowest BCUT2D eigenvalue weighted by Crippen LogP contribution is -1.94. The SMILES string of the molecule is ON=c1ccscc1. The Balaban J connectivity index is 3.20. The van der Waals surface area contributed by atoms with Gasteiger partial charge in [-0.05, 0) is 22.9 Å². The van der Waals surface area contributed by atoms with E-state index in [-0.39, 0.29) is 0 Å². The first-order valence-electron chi connectivity index (χ1n) is 2.14. The van der Waals surface area contributed by atoms with Crippen molar-refractivity contribution < 1.29 is 5.21 Å². The van der Waals surface area contributed by atoms with E-state index in [0.717, 1.165) is 0 Å². The molecule has 0 aliphatic rings. The molecule has 0 radical (unpaired) electrons. The quantitative estimate of drug-likeness (QED) is 0.410. The van der Waals surface area contributed by atoms with Gasteiger partial charge in [0.05, 0.1) is 0 Å². The number of hydrogen-bond donors (Lipinski definition) is 1. The van der Waals surface area contributed by atoms with Gasteiger partial charge in [-0.1, -0.05) is 5.16 Å². The Labute approximate surface area is 50.7 Å². The van der Waals surface area contributed by atoms with E-state index in [4.69, 9.17) is 5.21 Å². The molecular weight excluding hydrogens is 122 g/mol. The van der Waals surface area contributed by atoms with Gasteiger partial charge in [-0.2, -0.15) is 11.3 Å². The molecule has 0 unspecified atom stereocenters. The fourth-order valence-corrected chi connectivity index (χ4v) is 0.912. The first-order chi connectivity index (χ1) is 3.93. The van der Waals surface area contributed by atoms with Crippen LogP contribution in [0, 0.1) is 0 Å². The van der Waals surface area contributed by atoms with Gasteiger partial charge in [0.15, 0.2) is 0 Å². The van der Waals surface area contributed by atoms with E-state index in [1.54, 1.807) is 23.5 Å². The van der Waals surface area contributed by atoms with Crippen LogP contribution < -0.4 is 5.36 Å². The van der Waals surface area contributed by atoms with Crippen molar-refractivity contribution >= 4 is 11.3 Å². The topological polar surface area (TPSA) is 32.6 Å². The Morgan fingerprint density at radius 2 is 2.00 bits per heavy atom. The third kappa shape index (κ3) is 1.07. The smallest absolute Gasteiger partial charge is 0.104 e. The van der Waals surface area contributed by atoms with Crippen LogP contribution in [0.4, 0.5) is 0 Å². The lowest BCUT2D eigenvalue weighted by atomic mass is 10.5. The van der Waals surface area contributed by atoms with E-state index in [2.05, 4.69) is 5.16 Å². The molecule has 8 heavy (non-hydrogen) atoms. The molecule has 42 valence electrons. The maximum Gasteiger partial charge on any atom is 0.104 e. The van der Waals surface area contributed by atoms with Crippen LogP contribution in [-0.2, 0) is 0 Å². The summed E-state index contributed by atoms with van der Waals surface area (Å²) in [5.74, 6) is 0. The van der Waals surface area contributed by atoms with E-state index in [1.807, 2.05) is 10.8 Å². The molecule has 0 fully saturated rings. The number of nitrogens with zero attached hydrogens (tertiary/aromatic N) is 1. The first-order valence-corrected chi connectivity index (χ1v) is 3.08. The van der Waals surface area contributed by atoms with Crippen LogP contribution >= 0.6 is 11.3 Å². The number of rotatable bonds is 0. The van der Waals surface area contributed by atoms with Crippen molar-refractivity contribution in [3.8, 4) is 0 Å². The second-order valence-electron chi connectivity index (χ2n) is 1.27. The second-order valence-corrected chi connectivity index (χ2v) is 2.08. The molecule has 3 heteroatoms. The molecule has 0 saturated carbocycles. The van der Waals surface area contributed by atoms with Crippen molar-refractivity contribution in [2.45, 2.75) is 0 Å². The molecule has 0 spiro atoms. The summed E-state index contributed by atoms with van der Waals surface area (Å²) in [7, 11) is 0. The molecule has 2 nitrogen and oxygen atoms in total. The van der Waals surface area contributed by atoms with Gasteiger partial charge in [0.2, 0.25) is 0 Å². The van der Waals surface area contributed by atoms with Crippen LogP contribution in [0.2, 0.25) is 0 Å². The normalized spacial score (nSPS) is 8.50. The molecule has 1 heterocycles. The van der Waals surface area contributed by atoms with E-state index >= 15 is 0 Å². The van der Waals surface area contributed by atoms with Crippen molar-refractivity contribution in [2.24, 2.45) is 5.16 Å². The molecule has 0 atom stereocenters. The third-order valence-electron chi connectivity index (χ3n) is 0.750. The van der Waals surface area contributed by atoms with Gasteiger partial charge in [0.25, 0.3) is 0 Å². The van der Waals surface area contributed by atoms with Crippen molar-refractivity contribution in [3.63, 3.8) is 0 Å². The molecule has 0 aromatic carbocycles. The van der Waals surface area contributed by atoms with Gasteiger partial charge in [0.1, 0.15) is 5.36 Å². The third-order valence-corrected chi connectivity index (χ3v) is 1.34. The van der Waals surface area contributed by atoms with Crippen molar-refractivity contribution in [3.05, 3.63) is 28.3 Å². The van der Waals surface area contributed by atoms with Gasteiger partial charge in [-0.25, -0.2) is 0 Å². The maximum absolute atomic E-state index is 8.17. The monoisotopic (exact) mass is 127 g/mol. The van der Waals surface area contributed by atoms with Gasteiger partial charge in [-0.15, -0.1) is 0 Å². The molecule has 0 bridgehead atoms. The Morgan fingerprint density at radius 3 is 2.38 bits per heavy atom. The Morgan fingerprint density at radius 1 is 1.38 bits per heavy atom. The van der Waals surface area contributed by atoms with Crippen molar-refractivity contribution in [1.82, 2.24) is 0 Å². The van der Waals surface area contributed by atoms with Crippen molar-refractivity contribution in [2.75, 3.05) is 0 Å². The highest BCUT2D eigenvalue weighted by atomic mass is 32.1. The van der Waals surface area contributed by atoms with E-state index in [9.17, 15) is 0 Å². The molecule has 1 aromatic rings. The summed E-state index contributed by atoms with van der Waals surface area (Å²) < 4.78 is 0. The molecule has 1 N–H and O–H groups in total. The van der Waals surface area contributed by atoms with Gasteiger partial charge >= 0.3 is 0 Å². The summed E-state index contributed by atoms with van der Waals surface area (Å²) in [6, 6.07) is 3.48. The zero-order valence-electron chi connectivity index (χ0n) is 4.11. The zero-order valence-corrected chi connectivity index (χ0v) is 4.93. The molecule has 1 aromatic heterocycles. The van der Waals surface area contributed by atoms with Crippen LogP contribution in [0.1, 0.15) is 0 Å². The second kappa shape index (κ2) is 2.47. The fourth-order valence-electron chi connectivity index (χ4n) is 0.386. The lowest BCUT2D eigenvalue weighted by molar-refractivity contribution is 0.302. The summed E-state index contributed by atoms with van der Waals surface area (Å²) in [4.78, 5) is 0. The lowest BCUT2D eigenvalue weighted by Gasteiger charge is -1.76. The predicted molar refractivity (Wildman–Crippen MR) is 31.7 cm³/mol. The fraction of sp³-hybridized carbons (Fsp3) is 0. The van der Waals surface area contributed by atoms with Crippen LogP contribution in [0.5, 0.6) is 0 Å². The average Bonchev–Trinajstić information content (AvgIpc) is 1.90. The molecular formula is C5H5NOS. The average molecular weight is 127 g/mol. The minimum atomic E-state index is 0.601. The standard InChI is InChI=1S/C5H5NOS/c7-6-5-1-3-8-4-2-5/h1-4,7H. The molecule has 1 rings (SSSR count). The summed E-state index contributed by atoms with van der Waals surface area (Å²) in [6.45, 7) is 0. The summed E-state index contributed by atoms with van der Waals surface area (Å²) in [6.07, 6.45) is 0. The van der Waals surface area contributed by atoms with Gasteiger partial charge in [0, 0.05) is 0 Å². The molecule has 0 saturated heterocycles. The summed E-state index contributed by atoms with van der Waals surface area (Å²) in [5, 5.41) is 15.5. The highest BCUT2D eigenvalue weighted by Crippen LogP contribution is 1.85. The highest BCUT2D eigenvalue weighted by molar-refractivity contribution is 7.07. The zero-order chi connectivity index (χ0) is 5.82. The van der Waals surface area contributed by atoms with E-state index in [1.165, 1.54) is 0 Å². The number of hydrogen-bond acceptors (Lipinski definition) is 3. The summed E-state index contributed by atoms with van der Waals surface area (Å²) in [5.41, 5.74) is 0. The summed E-state index contributed by atoms with van der Waals surface area (Å²) >= 11 is 1.56. The first kappa shape index (κ1) is 5.31. The van der Waals surface area contributed by atoms with Gasteiger partial charge < -0.3 is 5.21 Å². The highest BCUT2D eigenvalue weighted by Gasteiger charge is 1.72. The van der Waals surface area contributed by atoms with Crippen LogP contribution in [-0.4, -0.2) is 5.21 Å².